The van der Waals surface area contributed by atoms with Crippen molar-refractivity contribution in [1.29, 1.82) is 0 Å². The van der Waals surface area contributed by atoms with Crippen molar-refractivity contribution in [1.82, 2.24) is 10.6 Å². The van der Waals surface area contributed by atoms with E-state index in [2.05, 4.69) is 31.4 Å². The molecule has 1 aliphatic heterocycles. The second-order valence-corrected chi connectivity index (χ2v) is 6.30. The van der Waals surface area contributed by atoms with Crippen LogP contribution < -0.4 is 10.6 Å². The molecule has 1 saturated heterocycles. The Morgan fingerprint density at radius 3 is 2.41 bits per heavy atom. The van der Waals surface area contributed by atoms with Crippen LogP contribution in [0.2, 0.25) is 0 Å². The van der Waals surface area contributed by atoms with Gasteiger partial charge in [-0.1, -0.05) is 20.8 Å². The van der Waals surface area contributed by atoms with Gasteiger partial charge in [0.15, 0.2) is 0 Å². The average Bonchev–Trinajstić information content (AvgIpc) is 2.62. The van der Waals surface area contributed by atoms with Crippen molar-refractivity contribution in [3.05, 3.63) is 0 Å². The van der Waals surface area contributed by atoms with E-state index in [1.807, 2.05) is 0 Å². The van der Waals surface area contributed by atoms with Gasteiger partial charge < -0.3 is 10.6 Å². The molecule has 0 radical (unpaired) electrons. The zero-order valence-corrected chi connectivity index (χ0v) is 11.4. The summed E-state index contributed by atoms with van der Waals surface area (Å²) in [5.41, 5.74) is -0.142. The Morgan fingerprint density at radius 1 is 1.24 bits per heavy atom. The molecule has 0 aromatic rings. The minimum absolute atomic E-state index is 0.142. The summed E-state index contributed by atoms with van der Waals surface area (Å²) in [4.78, 5) is 12.4. The molecule has 0 bridgehead atoms. The fourth-order valence-corrected chi connectivity index (χ4v) is 3.12. The highest BCUT2D eigenvalue weighted by atomic mass is 16.2. The molecule has 2 N–H and O–H groups in total. The van der Waals surface area contributed by atoms with Crippen molar-refractivity contribution in [3.63, 3.8) is 0 Å². The lowest BCUT2D eigenvalue weighted by Crippen LogP contribution is -2.49. The van der Waals surface area contributed by atoms with Crippen LogP contribution in [0, 0.1) is 17.3 Å². The normalized spacial score (nSPS) is 36.8. The summed E-state index contributed by atoms with van der Waals surface area (Å²) in [6.07, 6.45) is 4.35. The summed E-state index contributed by atoms with van der Waals surface area (Å²) in [5.74, 6) is 1.66. The molecular formula is C14H26N2O. The molecule has 1 aliphatic carbocycles. The van der Waals surface area contributed by atoms with Crippen LogP contribution in [0.25, 0.3) is 0 Å². The second-order valence-electron chi connectivity index (χ2n) is 6.30. The van der Waals surface area contributed by atoms with Crippen LogP contribution in [0.3, 0.4) is 0 Å². The Bertz CT molecular complexity index is 284. The third-order valence-corrected chi connectivity index (χ3v) is 5.04. The first-order valence-corrected chi connectivity index (χ1v) is 7.04. The van der Waals surface area contributed by atoms with Crippen LogP contribution >= 0.6 is 0 Å². The number of carbonyl (C=O) groups excluding carboxylic acids is 1. The average molecular weight is 238 g/mol. The first-order valence-electron chi connectivity index (χ1n) is 7.04. The molecule has 98 valence electrons. The Kier molecular flexibility index (Phi) is 3.76. The first kappa shape index (κ1) is 12.9. The van der Waals surface area contributed by atoms with E-state index >= 15 is 0 Å². The fourth-order valence-electron chi connectivity index (χ4n) is 3.12. The quantitative estimate of drug-likeness (QED) is 0.772. The lowest BCUT2D eigenvalue weighted by atomic mass is 9.79. The summed E-state index contributed by atoms with van der Waals surface area (Å²) in [5, 5.41) is 6.63. The molecule has 1 saturated carbocycles. The Hall–Kier alpha value is -0.570. The van der Waals surface area contributed by atoms with Gasteiger partial charge in [-0.2, -0.15) is 0 Å². The minimum atomic E-state index is -0.142. The van der Waals surface area contributed by atoms with Crippen LogP contribution in [0.5, 0.6) is 0 Å². The molecule has 0 aromatic carbocycles. The molecule has 2 fully saturated rings. The number of amides is 1. The third-order valence-electron chi connectivity index (χ3n) is 5.04. The van der Waals surface area contributed by atoms with Gasteiger partial charge in [-0.25, -0.2) is 0 Å². The number of nitrogens with one attached hydrogen (secondary N) is 2. The maximum absolute atomic E-state index is 12.4. The zero-order chi connectivity index (χ0) is 12.5. The van der Waals surface area contributed by atoms with E-state index in [0.29, 0.717) is 12.0 Å². The molecule has 2 aliphatic rings. The molecule has 2 rings (SSSR count). The number of hydrogen-bond donors (Lipinski definition) is 2. The highest BCUT2D eigenvalue weighted by molar-refractivity contribution is 5.82. The maximum Gasteiger partial charge on any atom is 0.226 e. The lowest BCUT2D eigenvalue weighted by molar-refractivity contribution is -0.132. The van der Waals surface area contributed by atoms with Crippen LogP contribution in [0.4, 0.5) is 0 Å². The van der Waals surface area contributed by atoms with Crippen LogP contribution in [0.15, 0.2) is 0 Å². The monoisotopic (exact) mass is 238 g/mol. The smallest absolute Gasteiger partial charge is 0.226 e. The molecule has 3 nitrogen and oxygen atoms in total. The van der Waals surface area contributed by atoms with E-state index in [9.17, 15) is 4.79 Å². The summed E-state index contributed by atoms with van der Waals surface area (Å²) in [7, 11) is 0. The van der Waals surface area contributed by atoms with Crippen molar-refractivity contribution in [3.8, 4) is 0 Å². The summed E-state index contributed by atoms with van der Waals surface area (Å²) in [6.45, 7) is 8.63. The number of carbonyl (C=O) groups is 1. The van der Waals surface area contributed by atoms with Crippen molar-refractivity contribution in [2.45, 2.75) is 52.5 Å². The number of rotatable bonds is 2. The molecule has 3 unspecified atom stereocenters. The van der Waals surface area contributed by atoms with Crippen LogP contribution in [0.1, 0.15) is 46.5 Å². The first-order chi connectivity index (χ1) is 8.03. The predicted octanol–water partition coefficient (Wildman–Crippen LogP) is 1.93. The zero-order valence-electron chi connectivity index (χ0n) is 11.4. The van der Waals surface area contributed by atoms with E-state index in [1.54, 1.807) is 0 Å². The molecule has 0 spiro atoms. The standard InChI is InChI=1S/C14H26N2O/c1-10-4-5-12(11(10)2)16-13(17)14(3)6-8-15-9-7-14/h10-12,15H,4-9H2,1-3H3,(H,16,17). The molecule has 0 aromatic heterocycles. The largest absolute Gasteiger partial charge is 0.353 e. The van der Waals surface area contributed by atoms with Gasteiger partial charge in [0.1, 0.15) is 0 Å². The van der Waals surface area contributed by atoms with Crippen LogP contribution in [-0.2, 0) is 4.79 Å². The van der Waals surface area contributed by atoms with Gasteiger partial charge in [0.25, 0.3) is 0 Å². The lowest BCUT2D eigenvalue weighted by Gasteiger charge is -2.34. The van der Waals surface area contributed by atoms with E-state index in [0.717, 1.165) is 38.3 Å². The Morgan fingerprint density at radius 2 is 1.88 bits per heavy atom. The van der Waals surface area contributed by atoms with Gasteiger partial charge in [-0.15, -0.1) is 0 Å². The molecule has 3 atom stereocenters. The molecule has 1 heterocycles. The maximum atomic E-state index is 12.4. The van der Waals surface area contributed by atoms with Crippen molar-refractivity contribution >= 4 is 5.91 Å². The van der Waals surface area contributed by atoms with E-state index in [4.69, 9.17) is 0 Å². The molecular weight excluding hydrogens is 212 g/mol. The third kappa shape index (κ3) is 2.65. The number of piperidine rings is 1. The Balaban J connectivity index is 1.92. The number of hydrogen-bond acceptors (Lipinski definition) is 2. The van der Waals surface area contributed by atoms with Crippen molar-refractivity contribution < 1.29 is 4.79 Å². The summed E-state index contributed by atoms with van der Waals surface area (Å²) >= 11 is 0. The second kappa shape index (κ2) is 4.97. The Labute approximate surface area is 105 Å². The summed E-state index contributed by atoms with van der Waals surface area (Å²) in [6, 6.07) is 0.407. The molecule has 3 heteroatoms. The van der Waals surface area contributed by atoms with Gasteiger partial charge in [0.05, 0.1) is 0 Å². The highest BCUT2D eigenvalue weighted by Crippen LogP contribution is 2.33. The topological polar surface area (TPSA) is 41.1 Å². The van der Waals surface area contributed by atoms with E-state index < -0.39 is 0 Å². The molecule has 17 heavy (non-hydrogen) atoms. The molecule has 1 amide bonds. The fraction of sp³-hybridized carbons (Fsp3) is 0.929. The van der Waals surface area contributed by atoms with Crippen LogP contribution in [-0.4, -0.2) is 25.0 Å². The SMILES string of the molecule is CC1CCC(NC(=O)C2(C)CCNCC2)C1C. The summed E-state index contributed by atoms with van der Waals surface area (Å²) < 4.78 is 0. The van der Waals surface area contributed by atoms with Gasteiger partial charge in [-0.3, -0.25) is 4.79 Å². The van der Waals surface area contributed by atoms with Crippen molar-refractivity contribution in [2.75, 3.05) is 13.1 Å². The van der Waals surface area contributed by atoms with Crippen molar-refractivity contribution in [2.24, 2.45) is 17.3 Å². The minimum Gasteiger partial charge on any atom is -0.353 e. The van der Waals surface area contributed by atoms with Gasteiger partial charge in [0, 0.05) is 11.5 Å². The predicted molar refractivity (Wildman–Crippen MR) is 69.7 cm³/mol. The highest BCUT2D eigenvalue weighted by Gasteiger charge is 2.38. The van der Waals surface area contributed by atoms with Gasteiger partial charge >= 0.3 is 0 Å². The van der Waals surface area contributed by atoms with Gasteiger partial charge in [0.2, 0.25) is 5.91 Å². The van der Waals surface area contributed by atoms with E-state index in [-0.39, 0.29) is 11.3 Å². The van der Waals surface area contributed by atoms with Gasteiger partial charge in [-0.05, 0) is 50.6 Å². The van der Waals surface area contributed by atoms with E-state index in [1.165, 1.54) is 6.42 Å².